The van der Waals surface area contributed by atoms with Gasteiger partial charge in [-0.05, 0) is 51.4 Å². The summed E-state index contributed by atoms with van der Waals surface area (Å²) in [6, 6.07) is 12.8. The van der Waals surface area contributed by atoms with E-state index in [1.54, 1.807) is 0 Å². The second-order valence-electron chi connectivity index (χ2n) is 6.75. The van der Waals surface area contributed by atoms with Gasteiger partial charge >= 0.3 is 0 Å². The molecule has 4 nitrogen and oxygen atoms in total. The molecule has 3 rings (SSSR count). The summed E-state index contributed by atoms with van der Waals surface area (Å²) < 4.78 is 2.23. The van der Waals surface area contributed by atoms with Crippen LogP contribution in [-0.2, 0) is 6.54 Å². The number of benzene rings is 1. The fraction of sp³-hybridized carbons (Fsp3) is 0.450. The van der Waals surface area contributed by atoms with Crippen LogP contribution in [0.15, 0.2) is 36.4 Å². The molecule has 1 aromatic heterocycles. The minimum Gasteiger partial charge on any atom is -0.344 e. The first-order chi connectivity index (χ1) is 11.6. The Labute approximate surface area is 156 Å². The third-order valence-corrected chi connectivity index (χ3v) is 5.16. The van der Waals surface area contributed by atoms with E-state index in [-0.39, 0.29) is 18.3 Å². The van der Waals surface area contributed by atoms with E-state index in [4.69, 9.17) is 0 Å². The Bertz CT molecular complexity index is 705. The van der Waals surface area contributed by atoms with Gasteiger partial charge in [-0.2, -0.15) is 0 Å². The van der Waals surface area contributed by atoms with E-state index in [1.807, 2.05) is 24.1 Å². The van der Waals surface area contributed by atoms with Gasteiger partial charge in [0.15, 0.2) is 0 Å². The zero-order chi connectivity index (χ0) is 17.1. The van der Waals surface area contributed by atoms with Crippen LogP contribution in [0.5, 0.6) is 0 Å². The van der Waals surface area contributed by atoms with Gasteiger partial charge in [0.05, 0.1) is 5.56 Å². The lowest BCUT2D eigenvalue weighted by molar-refractivity contribution is 0.0702. The van der Waals surface area contributed by atoms with E-state index in [9.17, 15) is 4.79 Å². The Kier molecular flexibility index (Phi) is 6.68. The van der Waals surface area contributed by atoms with Crippen LogP contribution >= 0.6 is 12.4 Å². The molecule has 1 aromatic carbocycles. The second-order valence-corrected chi connectivity index (χ2v) is 6.75. The highest BCUT2D eigenvalue weighted by Crippen LogP contribution is 2.21. The molecule has 1 aliphatic heterocycles. The van der Waals surface area contributed by atoms with Crippen LogP contribution in [0.3, 0.4) is 0 Å². The van der Waals surface area contributed by atoms with Crippen LogP contribution in [0.4, 0.5) is 0 Å². The van der Waals surface area contributed by atoms with Crippen molar-refractivity contribution in [1.29, 1.82) is 0 Å². The van der Waals surface area contributed by atoms with Crippen molar-refractivity contribution in [3.8, 4) is 0 Å². The maximum Gasteiger partial charge on any atom is 0.255 e. The first kappa shape index (κ1) is 19.5. The molecule has 0 radical (unpaired) electrons. The van der Waals surface area contributed by atoms with Crippen molar-refractivity contribution in [1.82, 2.24) is 14.8 Å². The number of amides is 1. The van der Waals surface area contributed by atoms with Crippen molar-refractivity contribution in [3.05, 3.63) is 58.9 Å². The lowest BCUT2D eigenvalue weighted by Crippen LogP contribution is -2.44. The molecule has 25 heavy (non-hydrogen) atoms. The Balaban J connectivity index is 0.00000225. The van der Waals surface area contributed by atoms with Crippen LogP contribution in [0.25, 0.3) is 0 Å². The Morgan fingerprint density at radius 2 is 1.84 bits per heavy atom. The van der Waals surface area contributed by atoms with Gasteiger partial charge in [0.25, 0.3) is 5.91 Å². The summed E-state index contributed by atoms with van der Waals surface area (Å²) in [5.74, 6) is 0.148. The summed E-state index contributed by atoms with van der Waals surface area (Å²) in [5.41, 5.74) is 4.29. The number of nitrogens with one attached hydrogen (secondary N) is 1. The number of aryl methyl sites for hydroxylation is 1. The number of rotatable bonds is 4. The molecule has 1 saturated heterocycles. The Morgan fingerprint density at radius 1 is 1.20 bits per heavy atom. The minimum absolute atomic E-state index is 0. The van der Waals surface area contributed by atoms with Crippen molar-refractivity contribution in [2.24, 2.45) is 0 Å². The normalized spacial score (nSPS) is 14.8. The van der Waals surface area contributed by atoms with Gasteiger partial charge < -0.3 is 14.8 Å². The van der Waals surface area contributed by atoms with Crippen molar-refractivity contribution >= 4 is 18.3 Å². The quantitative estimate of drug-likeness (QED) is 0.906. The molecule has 2 heterocycles. The lowest BCUT2D eigenvalue weighted by atomic mass is 10.0. The summed E-state index contributed by atoms with van der Waals surface area (Å²) >= 11 is 0. The Hall–Kier alpha value is -1.78. The van der Waals surface area contributed by atoms with E-state index in [0.717, 1.165) is 49.4 Å². The number of hydrogen-bond acceptors (Lipinski definition) is 2. The molecule has 1 aliphatic rings. The number of hydrogen-bond donors (Lipinski definition) is 1. The summed E-state index contributed by atoms with van der Waals surface area (Å²) in [5, 5.41) is 3.36. The SMILES string of the molecule is Cc1cc(C(=O)N(C)C2CCNCC2)c(C)n1Cc1ccccc1.Cl. The first-order valence-electron chi connectivity index (χ1n) is 8.76. The number of nitrogens with zero attached hydrogens (tertiary/aromatic N) is 2. The number of aromatic nitrogens is 1. The van der Waals surface area contributed by atoms with E-state index < -0.39 is 0 Å². The number of halogens is 1. The third kappa shape index (κ3) is 4.25. The molecule has 5 heteroatoms. The predicted molar refractivity (Wildman–Crippen MR) is 105 cm³/mol. The summed E-state index contributed by atoms with van der Waals surface area (Å²) in [7, 11) is 1.95. The highest BCUT2D eigenvalue weighted by molar-refractivity contribution is 5.95. The molecule has 1 amide bonds. The van der Waals surface area contributed by atoms with E-state index >= 15 is 0 Å². The number of piperidine rings is 1. The van der Waals surface area contributed by atoms with Gasteiger partial charge in [-0.25, -0.2) is 0 Å². The average molecular weight is 362 g/mol. The van der Waals surface area contributed by atoms with E-state index in [1.165, 1.54) is 5.56 Å². The topological polar surface area (TPSA) is 37.3 Å². The molecule has 1 N–H and O–H groups in total. The van der Waals surface area contributed by atoms with Gasteiger partial charge in [0, 0.05) is 31.0 Å². The zero-order valence-electron chi connectivity index (χ0n) is 15.3. The zero-order valence-corrected chi connectivity index (χ0v) is 16.1. The molecule has 0 spiro atoms. The standard InChI is InChI=1S/C20H27N3O.ClH/c1-15-13-19(20(24)22(3)18-9-11-21-12-10-18)16(2)23(15)14-17-7-5-4-6-8-17;/h4-8,13,18,21H,9-12,14H2,1-3H3;1H. The molecule has 136 valence electrons. The molecule has 0 atom stereocenters. The van der Waals surface area contributed by atoms with Gasteiger partial charge in [-0.15, -0.1) is 12.4 Å². The predicted octanol–water partition coefficient (Wildman–Crippen LogP) is 3.40. The molecular formula is C20H28ClN3O. The van der Waals surface area contributed by atoms with Crippen LogP contribution in [0.1, 0.15) is 40.2 Å². The van der Waals surface area contributed by atoms with Crippen molar-refractivity contribution in [2.45, 2.75) is 39.3 Å². The maximum atomic E-state index is 13.0. The fourth-order valence-corrected chi connectivity index (χ4v) is 3.58. The maximum absolute atomic E-state index is 13.0. The van der Waals surface area contributed by atoms with Crippen LogP contribution in [0, 0.1) is 13.8 Å². The molecule has 0 unspecified atom stereocenters. The molecule has 0 aliphatic carbocycles. The first-order valence-corrected chi connectivity index (χ1v) is 8.76. The number of carbonyl (C=O) groups excluding carboxylic acids is 1. The second kappa shape index (κ2) is 8.54. The van der Waals surface area contributed by atoms with Gasteiger partial charge in [-0.1, -0.05) is 30.3 Å². The monoisotopic (exact) mass is 361 g/mol. The van der Waals surface area contributed by atoms with Crippen LogP contribution in [-0.4, -0.2) is 41.6 Å². The third-order valence-electron chi connectivity index (χ3n) is 5.16. The van der Waals surface area contributed by atoms with Gasteiger partial charge in [0.1, 0.15) is 0 Å². The summed E-state index contributed by atoms with van der Waals surface area (Å²) in [6.45, 7) is 6.93. The van der Waals surface area contributed by atoms with E-state index in [0.29, 0.717) is 6.04 Å². The van der Waals surface area contributed by atoms with Gasteiger partial charge in [0.2, 0.25) is 0 Å². The highest BCUT2D eigenvalue weighted by atomic mass is 35.5. The van der Waals surface area contributed by atoms with Crippen molar-refractivity contribution < 1.29 is 4.79 Å². The summed E-state index contributed by atoms with van der Waals surface area (Å²) in [6.07, 6.45) is 2.07. The van der Waals surface area contributed by atoms with Crippen LogP contribution in [0.2, 0.25) is 0 Å². The van der Waals surface area contributed by atoms with Crippen molar-refractivity contribution in [3.63, 3.8) is 0 Å². The lowest BCUT2D eigenvalue weighted by Gasteiger charge is -2.31. The number of carbonyl (C=O) groups is 1. The van der Waals surface area contributed by atoms with E-state index in [2.05, 4.69) is 48.0 Å². The minimum atomic E-state index is 0. The fourth-order valence-electron chi connectivity index (χ4n) is 3.58. The summed E-state index contributed by atoms with van der Waals surface area (Å²) in [4.78, 5) is 14.9. The molecule has 0 bridgehead atoms. The highest BCUT2D eigenvalue weighted by Gasteiger charge is 2.25. The molecule has 0 saturated carbocycles. The average Bonchev–Trinajstić information content (AvgIpc) is 2.90. The smallest absolute Gasteiger partial charge is 0.255 e. The van der Waals surface area contributed by atoms with Crippen molar-refractivity contribution in [2.75, 3.05) is 20.1 Å². The molecule has 2 aromatic rings. The molecule has 1 fully saturated rings. The largest absolute Gasteiger partial charge is 0.344 e. The Morgan fingerprint density at radius 3 is 2.48 bits per heavy atom. The van der Waals surface area contributed by atoms with Gasteiger partial charge in [-0.3, -0.25) is 4.79 Å². The molecular weight excluding hydrogens is 334 g/mol. The van der Waals surface area contributed by atoms with Crippen LogP contribution < -0.4 is 5.32 Å².